The van der Waals surface area contributed by atoms with E-state index in [0.29, 0.717) is 0 Å². The van der Waals surface area contributed by atoms with Crippen LogP contribution in [0.2, 0.25) is 0 Å². The molecule has 1 atom stereocenters. The summed E-state index contributed by atoms with van der Waals surface area (Å²) >= 11 is 0. The molecule has 1 fully saturated rings. The molecule has 0 spiro atoms. The largest absolute Gasteiger partial charge is 0.467 e. The number of ether oxygens (including phenoxy) is 1. The smallest absolute Gasteiger partial charge is 0.328 e. The minimum atomic E-state index is -0.743. The van der Waals surface area contributed by atoms with Gasteiger partial charge in [-0.3, -0.25) is 19.3 Å². The maximum atomic E-state index is 11.5. The Hall–Kier alpha value is -1.92. The summed E-state index contributed by atoms with van der Waals surface area (Å²) in [5, 5.41) is 2.42. The van der Waals surface area contributed by atoms with E-state index in [4.69, 9.17) is 0 Å². The third-order valence-electron chi connectivity index (χ3n) is 2.65. The molecule has 18 heavy (non-hydrogen) atoms. The summed E-state index contributed by atoms with van der Waals surface area (Å²) in [5.41, 5.74) is 0. The topological polar surface area (TPSA) is 92.8 Å². The molecule has 0 radical (unpaired) electrons. The molecule has 0 aromatic carbocycles. The lowest BCUT2D eigenvalue weighted by Gasteiger charge is -2.15. The highest BCUT2D eigenvalue weighted by molar-refractivity contribution is 6.02. The normalized spacial score (nSPS) is 16.7. The monoisotopic (exact) mass is 256 g/mol. The van der Waals surface area contributed by atoms with Crippen molar-refractivity contribution < 1.29 is 23.9 Å². The standard InChI is InChI=1S/C11H16N2O5/c1-7(11(17)18-2)12-8(14)5-6-13-9(15)3-4-10(13)16/h7H,3-6H2,1-2H3,(H,12,14)/t7-/m0/s1. The van der Waals surface area contributed by atoms with Crippen LogP contribution < -0.4 is 5.32 Å². The van der Waals surface area contributed by atoms with Gasteiger partial charge in [0.25, 0.3) is 0 Å². The lowest BCUT2D eigenvalue weighted by molar-refractivity contribution is -0.145. The van der Waals surface area contributed by atoms with Crippen molar-refractivity contribution in [2.45, 2.75) is 32.2 Å². The van der Waals surface area contributed by atoms with Crippen molar-refractivity contribution in [2.24, 2.45) is 0 Å². The van der Waals surface area contributed by atoms with Crippen LogP contribution in [0.5, 0.6) is 0 Å². The summed E-state index contributed by atoms with van der Waals surface area (Å²) in [7, 11) is 1.23. The molecule has 0 unspecified atom stereocenters. The summed E-state index contributed by atoms with van der Waals surface area (Å²) in [6.07, 6.45) is 0.400. The third-order valence-corrected chi connectivity index (χ3v) is 2.65. The van der Waals surface area contributed by atoms with Crippen molar-refractivity contribution in [1.82, 2.24) is 10.2 Å². The van der Waals surface area contributed by atoms with E-state index in [1.807, 2.05) is 0 Å². The maximum Gasteiger partial charge on any atom is 0.328 e. The first-order chi connectivity index (χ1) is 8.45. The Morgan fingerprint density at radius 3 is 2.39 bits per heavy atom. The Bertz CT molecular complexity index is 364. The van der Waals surface area contributed by atoms with Gasteiger partial charge in [-0.15, -0.1) is 0 Å². The molecular weight excluding hydrogens is 240 g/mol. The molecule has 3 amide bonds. The van der Waals surface area contributed by atoms with Crippen LogP contribution in [-0.4, -0.2) is 48.3 Å². The van der Waals surface area contributed by atoms with Crippen LogP contribution in [-0.2, 0) is 23.9 Å². The molecule has 0 bridgehead atoms. The van der Waals surface area contributed by atoms with Crippen LogP contribution in [0, 0.1) is 0 Å². The van der Waals surface area contributed by atoms with Crippen molar-refractivity contribution in [3.05, 3.63) is 0 Å². The lowest BCUT2D eigenvalue weighted by atomic mass is 10.3. The molecule has 0 saturated carbocycles. The van der Waals surface area contributed by atoms with Crippen molar-refractivity contribution >= 4 is 23.7 Å². The van der Waals surface area contributed by atoms with Crippen LogP contribution in [0.25, 0.3) is 0 Å². The van der Waals surface area contributed by atoms with E-state index < -0.39 is 17.9 Å². The van der Waals surface area contributed by atoms with Gasteiger partial charge < -0.3 is 10.1 Å². The van der Waals surface area contributed by atoms with Crippen LogP contribution >= 0.6 is 0 Å². The van der Waals surface area contributed by atoms with E-state index in [2.05, 4.69) is 10.1 Å². The first kappa shape index (κ1) is 14.1. The number of hydrogen-bond acceptors (Lipinski definition) is 5. The highest BCUT2D eigenvalue weighted by atomic mass is 16.5. The second-order valence-electron chi connectivity index (χ2n) is 4.00. The van der Waals surface area contributed by atoms with Gasteiger partial charge in [0.15, 0.2) is 0 Å². The van der Waals surface area contributed by atoms with Crippen molar-refractivity contribution in [1.29, 1.82) is 0 Å². The maximum absolute atomic E-state index is 11.5. The first-order valence-electron chi connectivity index (χ1n) is 5.66. The molecule has 1 rings (SSSR count). The number of esters is 1. The predicted octanol–water partition coefficient (Wildman–Crippen LogP) is -0.797. The number of imide groups is 1. The van der Waals surface area contributed by atoms with Crippen LogP contribution in [0.4, 0.5) is 0 Å². The van der Waals surface area contributed by atoms with Gasteiger partial charge in [0, 0.05) is 25.8 Å². The summed E-state index contributed by atoms with van der Waals surface area (Å²) in [5.74, 6) is -1.46. The molecule has 1 aliphatic heterocycles. The number of nitrogens with zero attached hydrogens (tertiary/aromatic N) is 1. The number of likely N-dealkylation sites (tertiary alicyclic amines) is 1. The summed E-state index contributed by atoms with van der Waals surface area (Å²) in [6, 6.07) is -0.743. The number of carbonyl (C=O) groups is 4. The summed E-state index contributed by atoms with van der Waals surface area (Å²) in [4.78, 5) is 46.2. The van der Waals surface area contributed by atoms with Gasteiger partial charge in [-0.05, 0) is 6.92 Å². The average Bonchev–Trinajstić information content (AvgIpc) is 2.65. The Kier molecular flexibility index (Phi) is 4.82. The van der Waals surface area contributed by atoms with E-state index >= 15 is 0 Å². The van der Waals surface area contributed by atoms with Gasteiger partial charge in [0.2, 0.25) is 17.7 Å². The molecule has 100 valence electrons. The predicted molar refractivity (Wildman–Crippen MR) is 60.2 cm³/mol. The lowest BCUT2D eigenvalue weighted by Crippen LogP contribution is -2.41. The van der Waals surface area contributed by atoms with E-state index in [1.165, 1.54) is 14.0 Å². The van der Waals surface area contributed by atoms with Crippen LogP contribution in [0.15, 0.2) is 0 Å². The minimum absolute atomic E-state index is 0.0151. The SMILES string of the molecule is COC(=O)[C@H](C)NC(=O)CCN1C(=O)CCC1=O. The molecule has 7 nitrogen and oxygen atoms in total. The molecule has 7 heteroatoms. The van der Waals surface area contributed by atoms with Gasteiger partial charge in [-0.25, -0.2) is 4.79 Å². The van der Waals surface area contributed by atoms with Crippen molar-refractivity contribution in [2.75, 3.05) is 13.7 Å². The fraction of sp³-hybridized carbons (Fsp3) is 0.636. The average molecular weight is 256 g/mol. The second-order valence-corrected chi connectivity index (χ2v) is 4.00. The van der Waals surface area contributed by atoms with E-state index in [1.54, 1.807) is 0 Å². The molecular formula is C11H16N2O5. The van der Waals surface area contributed by atoms with Crippen molar-refractivity contribution in [3.63, 3.8) is 0 Å². The van der Waals surface area contributed by atoms with Crippen molar-refractivity contribution in [3.8, 4) is 0 Å². The molecule has 1 heterocycles. The fourth-order valence-electron chi connectivity index (χ4n) is 1.63. The fourth-order valence-corrected chi connectivity index (χ4v) is 1.63. The van der Waals surface area contributed by atoms with Crippen LogP contribution in [0.1, 0.15) is 26.2 Å². The zero-order valence-electron chi connectivity index (χ0n) is 10.4. The quantitative estimate of drug-likeness (QED) is 0.513. The number of rotatable bonds is 5. The van der Waals surface area contributed by atoms with E-state index in [9.17, 15) is 19.2 Å². The summed E-state index contributed by atoms with van der Waals surface area (Å²) < 4.78 is 4.45. The third kappa shape index (κ3) is 3.54. The molecule has 1 saturated heterocycles. The first-order valence-corrected chi connectivity index (χ1v) is 5.66. The van der Waals surface area contributed by atoms with Crippen LogP contribution in [0.3, 0.4) is 0 Å². The Labute approximate surface area is 104 Å². The number of hydrogen-bond donors (Lipinski definition) is 1. The van der Waals surface area contributed by atoms with Gasteiger partial charge in [-0.2, -0.15) is 0 Å². The molecule has 0 aromatic heterocycles. The Morgan fingerprint density at radius 2 is 1.89 bits per heavy atom. The van der Waals surface area contributed by atoms with Gasteiger partial charge in [0.05, 0.1) is 7.11 Å². The van der Waals surface area contributed by atoms with E-state index in [-0.39, 0.29) is 37.6 Å². The molecule has 0 aliphatic carbocycles. The van der Waals surface area contributed by atoms with Gasteiger partial charge >= 0.3 is 5.97 Å². The molecule has 0 aromatic rings. The van der Waals surface area contributed by atoms with Gasteiger partial charge in [0.1, 0.15) is 6.04 Å². The summed E-state index contributed by atoms with van der Waals surface area (Å²) in [6.45, 7) is 1.55. The number of nitrogens with one attached hydrogen (secondary N) is 1. The number of carbonyl (C=O) groups excluding carboxylic acids is 4. The Balaban J connectivity index is 2.35. The zero-order chi connectivity index (χ0) is 13.7. The highest BCUT2D eigenvalue weighted by Gasteiger charge is 2.29. The number of amides is 3. The second kappa shape index (κ2) is 6.13. The molecule has 1 N–H and O–H groups in total. The Morgan fingerprint density at radius 1 is 1.33 bits per heavy atom. The number of methoxy groups -OCH3 is 1. The van der Waals surface area contributed by atoms with Gasteiger partial charge in [-0.1, -0.05) is 0 Å². The van der Waals surface area contributed by atoms with E-state index in [0.717, 1.165) is 4.90 Å². The highest BCUT2D eigenvalue weighted by Crippen LogP contribution is 2.11. The zero-order valence-corrected chi connectivity index (χ0v) is 10.4. The molecule has 1 aliphatic rings. The minimum Gasteiger partial charge on any atom is -0.467 e.